The van der Waals surface area contributed by atoms with Gasteiger partial charge in [0.2, 0.25) is 0 Å². The second-order valence-corrected chi connectivity index (χ2v) is 9.22. The van der Waals surface area contributed by atoms with Crippen molar-refractivity contribution in [2.24, 2.45) is 7.05 Å². The Labute approximate surface area is 179 Å². The summed E-state index contributed by atoms with van der Waals surface area (Å²) in [7, 11) is 0.778. The summed E-state index contributed by atoms with van der Waals surface area (Å²) in [6.45, 7) is -0.0565. The van der Waals surface area contributed by atoms with Gasteiger partial charge in [-0.3, -0.25) is 13.6 Å². The van der Waals surface area contributed by atoms with Gasteiger partial charge in [0.05, 0.1) is 10.9 Å². The third-order valence-electron chi connectivity index (χ3n) is 5.65. The Hall–Kier alpha value is -2.75. The van der Waals surface area contributed by atoms with Crippen molar-refractivity contribution in [2.45, 2.75) is 31.7 Å². The number of benzene rings is 1. The monoisotopic (exact) mass is 450 g/mol. The molecule has 0 aliphatic carbocycles. The van der Waals surface area contributed by atoms with Crippen molar-refractivity contribution in [3.63, 3.8) is 0 Å². The lowest BCUT2D eigenvalue weighted by molar-refractivity contribution is 0.146. The van der Waals surface area contributed by atoms with Crippen LogP contribution in [0.4, 0.5) is 19.0 Å². The van der Waals surface area contributed by atoms with E-state index in [0.29, 0.717) is 46.8 Å². The van der Waals surface area contributed by atoms with E-state index < -0.39 is 28.6 Å². The number of nitrogens with one attached hydrogen (secondary N) is 1. The highest BCUT2D eigenvalue weighted by Crippen LogP contribution is 2.29. The Morgan fingerprint density at radius 3 is 2.71 bits per heavy atom. The number of hydrogen-bond acceptors (Lipinski definition) is 5. The smallest absolute Gasteiger partial charge is 0.266 e. The van der Waals surface area contributed by atoms with Crippen LogP contribution in [0.15, 0.2) is 35.4 Å². The molecular weight excluding hydrogens is 429 g/mol. The third-order valence-corrected chi connectivity index (χ3v) is 7.03. The van der Waals surface area contributed by atoms with Crippen molar-refractivity contribution in [1.29, 1.82) is 0 Å². The summed E-state index contributed by atoms with van der Waals surface area (Å²) in [5.74, 6) is 0.535. The van der Waals surface area contributed by atoms with Crippen LogP contribution in [-0.2, 0) is 24.4 Å². The van der Waals surface area contributed by atoms with Gasteiger partial charge in [0, 0.05) is 47.0 Å². The van der Waals surface area contributed by atoms with E-state index >= 15 is 0 Å². The molecule has 0 saturated carbocycles. The highest BCUT2D eigenvalue weighted by atomic mass is 32.2. The van der Waals surface area contributed by atoms with Crippen LogP contribution in [0.3, 0.4) is 0 Å². The number of aromatic nitrogens is 3. The van der Waals surface area contributed by atoms with Crippen molar-refractivity contribution < 1.29 is 17.4 Å². The quantitative estimate of drug-likeness (QED) is 0.642. The van der Waals surface area contributed by atoms with Crippen molar-refractivity contribution in [2.75, 3.05) is 16.8 Å². The maximum Gasteiger partial charge on any atom is 0.266 e. The summed E-state index contributed by atoms with van der Waals surface area (Å²) < 4.78 is 53.5. The number of nitrogens with zero attached hydrogens (tertiary/aromatic N) is 3. The minimum atomic E-state index is -2.90. The van der Waals surface area contributed by atoms with Crippen molar-refractivity contribution >= 4 is 27.7 Å². The van der Waals surface area contributed by atoms with Crippen LogP contribution in [-0.4, -0.2) is 30.2 Å². The van der Waals surface area contributed by atoms with Crippen molar-refractivity contribution in [3.8, 4) is 0 Å². The van der Waals surface area contributed by atoms with Crippen LogP contribution in [0.1, 0.15) is 41.9 Å². The second kappa shape index (κ2) is 8.78. The topological polar surface area (TPSA) is 76.9 Å². The highest BCUT2D eigenvalue weighted by Gasteiger charge is 2.24. The van der Waals surface area contributed by atoms with Gasteiger partial charge in [-0.1, -0.05) is 18.2 Å². The van der Waals surface area contributed by atoms with Gasteiger partial charge >= 0.3 is 0 Å². The van der Waals surface area contributed by atoms with E-state index in [1.165, 1.54) is 23.0 Å². The first-order chi connectivity index (χ1) is 14.9. The van der Waals surface area contributed by atoms with Gasteiger partial charge in [-0.2, -0.15) is 0 Å². The predicted molar refractivity (Wildman–Crippen MR) is 113 cm³/mol. The molecule has 1 aliphatic rings. The number of anilines is 1. The molecular formula is C21H21F3N4O2S. The first kappa shape index (κ1) is 21.5. The standard InChI is InChI=1S/C21H21F3N4O2S/c1-28-20-16(9-15(21(28)29)12-5-7-31(30)8-6-12)19(26-11-27-20)25-10-13-3-2-4-14(17(13)22)18(23)24/h2-4,9,11-12,18H,5-8,10H2,1H3,(H,25,26,27). The lowest BCUT2D eigenvalue weighted by Crippen LogP contribution is -2.27. The van der Waals surface area contributed by atoms with E-state index in [0.717, 1.165) is 6.07 Å². The third kappa shape index (κ3) is 4.21. The lowest BCUT2D eigenvalue weighted by atomic mass is 9.94. The summed E-state index contributed by atoms with van der Waals surface area (Å²) in [6, 6.07) is 5.61. The van der Waals surface area contributed by atoms with E-state index in [2.05, 4.69) is 15.3 Å². The maximum absolute atomic E-state index is 14.4. The number of alkyl halides is 2. The molecule has 2 aromatic heterocycles. The Kier molecular flexibility index (Phi) is 6.08. The number of rotatable bonds is 5. The zero-order valence-electron chi connectivity index (χ0n) is 16.8. The molecule has 0 unspecified atom stereocenters. The molecule has 1 aromatic carbocycles. The summed E-state index contributed by atoms with van der Waals surface area (Å²) in [5.41, 5.74) is 0.295. The molecule has 10 heteroatoms. The molecule has 1 saturated heterocycles. The molecule has 6 nitrogen and oxygen atoms in total. The van der Waals surface area contributed by atoms with Crippen molar-refractivity contribution in [1.82, 2.24) is 14.5 Å². The number of fused-ring (bicyclic) bond motifs is 1. The minimum absolute atomic E-state index is 0.00553. The molecule has 164 valence electrons. The molecule has 0 amide bonds. The molecule has 0 atom stereocenters. The minimum Gasteiger partial charge on any atom is -0.365 e. The molecule has 3 aromatic rings. The van der Waals surface area contributed by atoms with E-state index in [-0.39, 0.29) is 23.6 Å². The number of halogens is 3. The molecule has 1 aliphatic heterocycles. The van der Waals surface area contributed by atoms with Gasteiger partial charge in [-0.15, -0.1) is 0 Å². The number of aryl methyl sites for hydroxylation is 1. The average Bonchev–Trinajstić information content (AvgIpc) is 2.76. The Bertz CT molecular complexity index is 1210. The maximum atomic E-state index is 14.4. The van der Waals surface area contributed by atoms with E-state index in [1.807, 2.05) is 0 Å². The molecule has 3 heterocycles. The van der Waals surface area contributed by atoms with Gasteiger partial charge in [-0.05, 0) is 24.8 Å². The van der Waals surface area contributed by atoms with Gasteiger partial charge in [-0.25, -0.2) is 23.1 Å². The van der Waals surface area contributed by atoms with Gasteiger partial charge in [0.1, 0.15) is 23.6 Å². The number of hydrogen-bond donors (Lipinski definition) is 1. The van der Waals surface area contributed by atoms with Crippen LogP contribution in [0.25, 0.3) is 11.0 Å². The van der Waals surface area contributed by atoms with Crippen LogP contribution in [0.2, 0.25) is 0 Å². The fourth-order valence-electron chi connectivity index (χ4n) is 3.92. The normalized spacial score (nSPS) is 19.1. The van der Waals surface area contributed by atoms with Crippen LogP contribution >= 0.6 is 0 Å². The molecule has 0 spiro atoms. The summed E-state index contributed by atoms with van der Waals surface area (Å²) in [5, 5.41) is 3.58. The highest BCUT2D eigenvalue weighted by molar-refractivity contribution is 7.85. The number of pyridine rings is 1. The second-order valence-electron chi connectivity index (χ2n) is 7.52. The fraction of sp³-hybridized carbons (Fsp3) is 0.381. The molecule has 4 rings (SSSR count). The van der Waals surface area contributed by atoms with Crippen LogP contribution in [0.5, 0.6) is 0 Å². The Morgan fingerprint density at radius 2 is 2.00 bits per heavy atom. The van der Waals surface area contributed by atoms with Gasteiger partial charge in [0.15, 0.2) is 0 Å². The SMILES string of the molecule is Cn1c(=O)c(C2CCS(=O)CC2)cc2c(NCc3cccc(C(F)F)c3F)ncnc21. The Morgan fingerprint density at radius 1 is 1.26 bits per heavy atom. The van der Waals surface area contributed by atoms with Crippen molar-refractivity contribution in [3.05, 3.63) is 63.5 Å². The summed E-state index contributed by atoms with van der Waals surface area (Å²) in [6.07, 6.45) is -0.286. The van der Waals surface area contributed by atoms with E-state index in [1.54, 1.807) is 13.1 Å². The Balaban J connectivity index is 1.70. The summed E-state index contributed by atoms with van der Waals surface area (Å²) in [4.78, 5) is 21.3. The zero-order valence-corrected chi connectivity index (χ0v) is 17.6. The fourth-order valence-corrected chi connectivity index (χ4v) is 5.21. The largest absolute Gasteiger partial charge is 0.365 e. The molecule has 31 heavy (non-hydrogen) atoms. The first-order valence-corrected chi connectivity index (χ1v) is 11.3. The summed E-state index contributed by atoms with van der Waals surface area (Å²) >= 11 is 0. The molecule has 0 radical (unpaired) electrons. The van der Waals surface area contributed by atoms with E-state index in [9.17, 15) is 22.2 Å². The van der Waals surface area contributed by atoms with Gasteiger partial charge in [0.25, 0.3) is 12.0 Å². The molecule has 1 fully saturated rings. The first-order valence-electron chi connectivity index (χ1n) is 9.85. The molecule has 0 bridgehead atoms. The molecule has 1 N–H and O–H groups in total. The average molecular weight is 450 g/mol. The van der Waals surface area contributed by atoms with Crippen LogP contribution in [0, 0.1) is 5.82 Å². The lowest BCUT2D eigenvalue weighted by Gasteiger charge is -2.22. The van der Waals surface area contributed by atoms with E-state index in [4.69, 9.17) is 0 Å². The predicted octanol–water partition coefficient (Wildman–Crippen LogP) is 3.64. The van der Waals surface area contributed by atoms with Gasteiger partial charge < -0.3 is 5.32 Å². The zero-order chi connectivity index (χ0) is 22.1. The van der Waals surface area contributed by atoms with Crippen LogP contribution < -0.4 is 10.9 Å².